The van der Waals surface area contributed by atoms with Crippen LogP contribution in [0.5, 0.6) is 0 Å². The van der Waals surface area contributed by atoms with Crippen LogP contribution in [0.15, 0.2) is 34.9 Å². The standard InChI is InChI=1S/C12H6BrCl3N2O/c13-8-4-7(14)1-2-10(8)18-12(19)6-3-9(15)11(16)17-5-6/h1-5H,(H,18,19). The number of halogens is 4. The predicted octanol–water partition coefficient (Wildman–Crippen LogP) is 5.06. The molecule has 19 heavy (non-hydrogen) atoms. The van der Waals surface area contributed by atoms with Crippen molar-refractivity contribution in [1.82, 2.24) is 4.98 Å². The molecule has 3 nitrogen and oxygen atoms in total. The molecule has 1 amide bonds. The molecule has 0 atom stereocenters. The van der Waals surface area contributed by atoms with Gasteiger partial charge in [-0.05, 0) is 40.2 Å². The van der Waals surface area contributed by atoms with Crippen LogP contribution in [0, 0.1) is 0 Å². The molecule has 0 aliphatic heterocycles. The molecule has 98 valence electrons. The first-order valence-electron chi connectivity index (χ1n) is 5.05. The van der Waals surface area contributed by atoms with Crippen LogP contribution in [0.3, 0.4) is 0 Å². The molecule has 1 aromatic heterocycles. The molecular formula is C12H6BrCl3N2O. The molecule has 0 aliphatic carbocycles. The van der Waals surface area contributed by atoms with Crippen LogP contribution in [0.1, 0.15) is 10.4 Å². The Morgan fingerprint density at radius 2 is 1.95 bits per heavy atom. The first kappa shape index (κ1) is 14.6. The van der Waals surface area contributed by atoms with Gasteiger partial charge in [0.1, 0.15) is 5.15 Å². The number of anilines is 1. The van der Waals surface area contributed by atoms with Crippen molar-refractivity contribution in [1.29, 1.82) is 0 Å². The second-order valence-electron chi connectivity index (χ2n) is 3.57. The maximum absolute atomic E-state index is 12.0. The lowest BCUT2D eigenvalue weighted by molar-refractivity contribution is 0.102. The van der Waals surface area contributed by atoms with Crippen molar-refractivity contribution in [3.8, 4) is 0 Å². The van der Waals surface area contributed by atoms with Gasteiger partial charge >= 0.3 is 0 Å². The van der Waals surface area contributed by atoms with Crippen molar-refractivity contribution >= 4 is 62.3 Å². The molecule has 7 heteroatoms. The van der Waals surface area contributed by atoms with Gasteiger partial charge in [-0.15, -0.1) is 0 Å². The number of nitrogens with zero attached hydrogens (tertiary/aromatic N) is 1. The summed E-state index contributed by atoms with van der Waals surface area (Å²) in [4.78, 5) is 15.8. The Bertz CT molecular complexity index is 649. The maximum atomic E-state index is 12.0. The molecule has 2 rings (SSSR count). The fraction of sp³-hybridized carbons (Fsp3) is 0. The minimum atomic E-state index is -0.339. The molecule has 1 heterocycles. The molecule has 0 aliphatic rings. The molecule has 0 saturated heterocycles. The van der Waals surface area contributed by atoms with Gasteiger partial charge in [-0.2, -0.15) is 0 Å². The monoisotopic (exact) mass is 378 g/mol. The fourth-order valence-electron chi connectivity index (χ4n) is 1.33. The van der Waals surface area contributed by atoms with E-state index in [0.717, 1.165) is 0 Å². The number of amides is 1. The number of carbonyl (C=O) groups excluding carboxylic acids is 1. The minimum Gasteiger partial charge on any atom is -0.321 e. The van der Waals surface area contributed by atoms with E-state index in [0.29, 0.717) is 20.7 Å². The smallest absolute Gasteiger partial charge is 0.257 e. The van der Waals surface area contributed by atoms with Gasteiger partial charge in [-0.3, -0.25) is 4.79 Å². The number of rotatable bonds is 2. The molecule has 0 unspecified atom stereocenters. The Hall–Kier alpha value is -0.810. The van der Waals surface area contributed by atoms with Crippen LogP contribution in [0.25, 0.3) is 0 Å². The van der Waals surface area contributed by atoms with Crippen molar-refractivity contribution in [2.24, 2.45) is 0 Å². The van der Waals surface area contributed by atoms with Crippen molar-refractivity contribution in [2.75, 3.05) is 5.32 Å². The number of hydrogen-bond acceptors (Lipinski definition) is 2. The Balaban J connectivity index is 2.23. The van der Waals surface area contributed by atoms with Crippen LogP contribution in [-0.2, 0) is 0 Å². The highest BCUT2D eigenvalue weighted by Gasteiger charge is 2.11. The summed E-state index contributed by atoms with van der Waals surface area (Å²) in [5.74, 6) is -0.339. The summed E-state index contributed by atoms with van der Waals surface area (Å²) in [5.41, 5.74) is 0.914. The number of nitrogens with one attached hydrogen (secondary N) is 1. The highest BCUT2D eigenvalue weighted by molar-refractivity contribution is 9.10. The number of hydrogen-bond donors (Lipinski definition) is 1. The highest BCUT2D eigenvalue weighted by Crippen LogP contribution is 2.27. The molecule has 1 N–H and O–H groups in total. The van der Waals surface area contributed by atoms with E-state index < -0.39 is 0 Å². The van der Waals surface area contributed by atoms with E-state index in [4.69, 9.17) is 34.8 Å². The summed E-state index contributed by atoms with van der Waals surface area (Å²) < 4.78 is 0.682. The average molecular weight is 380 g/mol. The SMILES string of the molecule is O=C(Nc1ccc(Cl)cc1Br)c1cnc(Cl)c(Cl)c1. The lowest BCUT2D eigenvalue weighted by atomic mass is 10.2. The van der Waals surface area contributed by atoms with Crippen LogP contribution in [-0.4, -0.2) is 10.9 Å². The Morgan fingerprint density at radius 3 is 2.58 bits per heavy atom. The number of benzene rings is 1. The molecule has 0 bridgehead atoms. The van der Waals surface area contributed by atoms with Crippen LogP contribution >= 0.6 is 50.7 Å². The van der Waals surface area contributed by atoms with Crippen molar-refractivity contribution < 1.29 is 4.79 Å². The summed E-state index contributed by atoms with van der Waals surface area (Å²) in [7, 11) is 0. The highest BCUT2D eigenvalue weighted by atomic mass is 79.9. The zero-order valence-electron chi connectivity index (χ0n) is 9.25. The van der Waals surface area contributed by atoms with E-state index in [-0.39, 0.29) is 16.1 Å². The third kappa shape index (κ3) is 3.60. The third-order valence-electron chi connectivity index (χ3n) is 2.24. The maximum Gasteiger partial charge on any atom is 0.257 e. The third-order valence-corrected chi connectivity index (χ3v) is 3.82. The molecule has 0 fully saturated rings. The van der Waals surface area contributed by atoms with Crippen molar-refractivity contribution in [3.63, 3.8) is 0 Å². The van der Waals surface area contributed by atoms with Crippen molar-refractivity contribution in [2.45, 2.75) is 0 Å². The van der Waals surface area contributed by atoms with Gasteiger partial charge in [0.2, 0.25) is 0 Å². The molecule has 1 aromatic carbocycles. The zero-order chi connectivity index (χ0) is 14.0. The minimum absolute atomic E-state index is 0.158. The number of pyridine rings is 1. The van der Waals surface area contributed by atoms with E-state index in [1.54, 1.807) is 18.2 Å². The van der Waals surface area contributed by atoms with Gasteiger partial charge in [0.05, 0.1) is 16.3 Å². The Morgan fingerprint density at radius 1 is 1.21 bits per heavy atom. The molecule has 0 radical (unpaired) electrons. The van der Waals surface area contributed by atoms with E-state index >= 15 is 0 Å². The quantitative estimate of drug-likeness (QED) is 0.740. The fourth-order valence-corrected chi connectivity index (χ4v) is 2.38. The largest absolute Gasteiger partial charge is 0.321 e. The Kier molecular flexibility index (Phi) is 4.68. The predicted molar refractivity (Wildman–Crippen MR) is 81.4 cm³/mol. The summed E-state index contributed by atoms with van der Waals surface area (Å²) >= 11 is 20.6. The lowest BCUT2D eigenvalue weighted by Gasteiger charge is -2.08. The average Bonchev–Trinajstić information content (AvgIpc) is 2.36. The molecule has 0 saturated carbocycles. The van der Waals surface area contributed by atoms with Gasteiger partial charge in [-0.1, -0.05) is 34.8 Å². The summed E-state index contributed by atoms with van der Waals surface area (Å²) in [5, 5.41) is 3.67. The van der Waals surface area contributed by atoms with E-state index in [1.165, 1.54) is 12.3 Å². The van der Waals surface area contributed by atoms with Crippen LogP contribution in [0.2, 0.25) is 15.2 Å². The van der Waals surface area contributed by atoms with Crippen LogP contribution < -0.4 is 5.32 Å². The zero-order valence-corrected chi connectivity index (χ0v) is 13.1. The van der Waals surface area contributed by atoms with Crippen molar-refractivity contribution in [3.05, 3.63) is 55.7 Å². The van der Waals surface area contributed by atoms with E-state index in [9.17, 15) is 4.79 Å². The number of carbonyl (C=O) groups is 1. The second kappa shape index (κ2) is 6.09. The summed E-state index contributed by atoms with van der Waals surface area (Å²) in [6, 6.07) is 6.50. The topological polar surface area (TPSA) is 42.0 Å². The molecular weight excluding hydrogens is 374 g/mol. The van der Waals surface area contributed by atoms with Gasteiger partial charge in [0.25, 0.3) is 5.91 Å². The summed E-state index contributed by atoms with van der Waals surface area (Å²) in [6.07, 6.45) is 1.35. The van der Waals surface area contributed by atoms with E-state index in [1.807, 2.05) is 0 Å². The van der Waals surface area contributed by atoms with Gasteiger partial charge in [0.15, 0.2) is 0 Å². The van der Waals surface area contributed by atoms with Gasteiger partial charge in [0, 0.05) is 15.7 Å². The second-order valence-corrected chi connectivity index (χ2v) is 5.63. The van der Waals surface area contributed by atoms with Gasteiger partial charge < -0.3 is 5.32 Å². The molecule has 0 spiro atoms. The van der Waals surface area contributed by atoms with E-state index in [2.05, 4.69) is 26.2 Å². The Labute approximate surface area is 133 Å². The first-order valence-corrected chi connectivity index (χ1v) is 6.97. The number of aromatic nitrogens is 1. The molecule has 2 aromatic rings. The first-order chi connectivity index (χ1) is 8.97. The summed E-state index contributed by atoms with van der Waals surface area (Å²) in [6.45, 7) is 0. The normalized spacial score (nSPS) is 10.3. The lowest BCUT2D eigenvalue weighted by Crippen LogP contribution is -2.12. The van der Waals surface area contributed by atoms with Crippen LogP contribution in [0.4, 0.5) is 5.69 Å². The van der Waals surface area contributed by atoms with Gasteiger partial charge in [-0.25, -0.2) is 4.98 Å².